The monoisotopic (exact) mass is 424 g/mol. The third kappa shape index (κ3) is 4.75. The molecular weight excluding hydrogens is 400 g/mol. The summed E-state index contributed by atoms with van der Waals surface area (Å²) in [5.41, 5.74) is 1.99. The van der Waals surface area contributed by atoms with Gasteiger partial charge in [-0.1, -0.05) is 37.7 Å². The van der Waals surface area contributed by atoms with Crippen molar-refractivity contribution in [1.82, 2.24) is 0 Å². The number of amides is 1. The van der Waals surface area contributed by atoms with Crippen LogP contribution in [0.3, 0.4) is 0 Å². The first-order chi connectivity index (χ1) is 13.2. The first-order valence-corrected chi connectivity index (χ1v) is 12.0. The minimum absolute atomic E-state index is 0.0445. The lowest BCUT2D eigenvalue weighted by Crippen LogP contribution is -2.37. The van der Waals surface area contributed by atoms with Gasteiger partial charge in [0, 0.05) is 23.8 Å². The quantitative estimate of drug-likeness (QED) is 0.748. The summed E-state index contributed by atoms with van der Waals surface area (Å²) in [5.74, 6) is -0.818. The average molecular weight is 425 g/mol. The van der Waals surface area contributed by atoms with Gasteiger partial charge in [0.2, 0.25) is 5.91 Å². The zero-order valence-corrected chi connectivity index (χ0v) is 17.5. The Kier molecular flexibility index (Phi) is 6.14. The minimum atomic E-state index is -3.11. The minimum Gasteiger partial charge on any atom is -0.481 e. The summed E-state index contributed by atoms with van der Waals surface area (Å²) in [6.07, 6.45) is 0.220. The number of rotatable bonds is 6. The number of nitrogens with zero attached hydrogens (tertiary/aromatic N) is 2. The van der Waals surface area contributed by atoms with E-state index in [2.05, 4.69) is 18.8 Å². The van der Waals surface area contributed by atoms with Crippen LogP contribution in [0, 0.1) is 0 Å². The molecule has 0 aliphatic carbocycles. The number of thioether (sulfide) groups is 1. The fraction of sp³-hybridized carbons (Fsp3) is 0.526. The van der Waals surface area contributed by atoms with Gasteiger partial charge in [0.1, 0.15) is 0 Å². The number of aliphatic carboxylic acids is 1. The van der Waals surface area contributed by atoms with E-state index in [4.69, 9.17) is 5.11 Å². The highest BCUT2D eigenvalue weighted by atomic mass is 32.2. The molecule has 7 nitrogen and oxygen atoms in total. The first kappa shape index (κ1) is 20.9. The molecule has 0 unspecified atom stereocenters. The Morgan fingerprint density at radius 1 is 1.21 bits per heavy atom. The number of carbonyl (C=O) groups is 2. The predicted octanol–water partition coefficient (Wildman–Crippen LogP) is 2.67. The van der Waals surface area contributed by atoms with Crippen LogP contribution in [0.15, 0.2) is 29.3 Å². The van der Waals surface area contributed by atoms with Crippen molar-refractivity contribution in [2.45, 2.75) is 50.3 Å². The lowest BCUT2D eigenvalue weighted by Gasteiger charge is -2.25. The average Bonchev–Trinajstić information content (AvgIpc) is 3.05. The number of fused-ring (bicyclic) bond motifs is 1. The highest BCUT2D eigenvalue weighted by molar-refractivity contribution is 8.16. The number of hydrogen-bond donors (Lipinski definition) is 1. The van der Waals surface area contributed by atoms with Gasteiger partial charge in [-0.15, -0.1) is 0 Å². The third-order valence-corrected chi connectivity index (χ3v) is 8.12. The van der Waals surface area contributed by atoms with E-state index in [1.54, 1.807) is 0 Å². The van der Waals surface area contributed by atoms with Crippen LogP contribution in [0.2, 0.25) is 0 Å². The first-order valence-electron chi connectivity index (χ1n) is 9.26. The second kappa shape index (κ2) is 8.24. The van der Waals surface area contributed by atoms with Crippen molar-refractivity contribution in [2.75, 3.05) is 16.4 Å². The number of anilines is 1. The van der Waals surface area contributed by atoms with Gasteiger partial charge in [0.15, 0.2) is 15.0 Å². The third-order valence-electron chi connectivity index (χ3n) is 4.91. The molecule has 1 N–H and O–H groups in total. The van der Waals surface area contributed by atoms with E-state index in [1.165, 1.54) is 17.3 Å². The number of amidine groups is 1. The maximum Gasteiger partial charge on any atom is 0.303 e. The van der Waals surface area contributed by atoms with Crippen LogP contribution in [0.4, 0.5) is 5.69 Å². The Hall–Kier alpha value is -1.87. The maximum atomic E-state index is 12.2. The topological polar surface area (TPSA) is 104 Å². The molecule has 0 aromatic heterocycles. The molecule has 1 aromatic carbocycles. The Balaban J connectivity index is 1.85. The number of benzene rings is 1. The van der Waals surface area contributed by atoms with Crippen molar-refractivity contribution in [3.05, 3.63) is 29.8 Å². The van der Waals surface area contributed by atoms with Gasteiger partial charge in [-0.05, 0) is 30.0 Å². The molecule has 2 heterocycles. The Morgan fingerprint density at radius 3 is 2.50 bits per heavy atom. The number of sulfone groups is 1. The normalized spacial score (nSPS) is 24.7. The molecule has 28 heavy (non-hydrogen) atoms. The van der Waals surface area contributed by atoms with Gasteiger partial charge >= 0.3 is 5.97 Å². The molecule has 1 aromatic rings. The largest absolute Gasteiger partial charge is 0.481 e. The molecule has 9 heteroatoms. The summed E-state index contributed by atoms with van der Waals surface area (Å²) in [6, 6.07) is 7.65. The molecule has 2 aliphatic rings. The summed E-state index contributed by atoms with van der Waals surface area (Å²) >= 11 is 1.32. The SMILES string of the molecule is CC(C)c1ccc(N2C(=NC(=O)CCCC(=O)O)S[C@H]3CS(=O)(=O)C[C@@H]32)cc1. The van der Waals surface area contributed by atoms with Gasteiger partial charge in [-0.2, -0.15) is 4.99 Å². The Labute approximate surface area is 169 Å². The second-order valence-electron chi connectivity index (χ2n) is 7.45. The van der Waals surface area contributed by atoms with Crippen molar-refractivity contribution in [3.8, 4) is 0 Å². The number of hydrogen-bond acceptors (Lipinski definition) is 5. The van der Waals surface area contributed by atoms with Crippen LogP contribution in [0.25, 0.3) is 0 Å². The van der Waals surface area contributed by atoms with Gasteiger partial charge in [-0.3, -0.25) is 9.59 Å². The zero-order valence-electron chi connectivity index (χ0n) is 15.9. The van der Waals surface area contributed by atoms with Crippen LogP contribution in [0.1, 0.15) is 44.6 Å². The van der Waals surface area contributed by atoms with Crippen molar-refractivity contribution in [3.63, 3.8) is 0 Å². The molecule has 0 radical (unpaired) electrons. The van der Waals surface area contributed by atoms with Crippen LogP contribution < -0.4 is 4.90 Å². The number of carboxylic acids is 1. The molecule has 2 saturated heterocycles. The molecular formula is C19H24N2O5S2. The number of carboxylic acid groups (broad SMARTS) is 1. The van der Waals surface area contributed by atoms with Crippen molar-refractivity contribution >= 4 is 44.3 Å². The summed E-state index contributed by atoms with van der Waals surface area (Å²) in [7, 11) is -3.11. The van der Waals surface area contributed by atoms with E-state index in [0.717, 1.165) is 5.69 Å². The van der Waals surface area contributed by atoms with Crippen molar-refractivity contribution in [1.29, 1.82) is 0 Å². The summed E-state index contributed by atoms with van der Waals surface area (Å²) < 4.78 is 24.2. The molecule has 3 rings (SSSR count). The zero-order chi connectivity index (χ0) is 20.5. The van der Waals surface area contributed by atoms with Crippen molar-refractivity contribution < 1.29 is 23.1 Å². The molecule has 2 aliphatic heterocycles. The fourth-order valence-electron chi connectivity index (χ4n) is 3.44. The lowest BCUT2D eigenvalue weighted by atomic mass is 10.0. The van der Waals surface area contributed by atoms with Gasteiger partial charge in [0.25, 0.3) is 0 Å². The van der Waals surface area contributed by atoms with E-state index in [1.807, 2.05) is 29.2 Å². The van der Waals surface area contributed by atoms with Gasteiger partial charge in [0.05, 0.1) is 17.5 Å². The smallest absolute Gasteiger partial charge is 0.303 e. The van der Waals surface area contributed by atoms with E-state index in [0.29, 0.717) is 11.1 Å². The van der Waals surface area contributed by atoms with E-state index >= 15 is 0 Å². The Morgan fingerprint density at radius 2 is 1.89 bits per heavy atom. The summed E-state index contributed by atoms with van der Waals surface area (Å²) in [5, 5.41) is 9.05. The highest BCUT2D eigenvalue weighted by Gasteiger charge is 2.49. The van der Waals surface area contributed by atoms with E-state index < -0.39 is 15.8 Å². The Bertz CT molecular complexity index is 893. The fourth-order valence-corrected chi connectivity index (χ4v) is 7.37. The standard InChI is InChI=1S/C19H24N2O5S2/c1-12(2)13-6-8-14(9-7-13)21-15-10-28(25,26)11-16(15)27-19(21)20-17(22)4-3-5-18(23)24/h6-9,12,15-16H,3-5,10-11H2,1-2H3,(H,23,24)/t15-,16-/m0/s1. The predicted molar refractivity (Wildman–Crippen MR) is 111 cm³/mol. The number of aliphatic imine (C=N–C) groups is 1. The van der Waals surface area contributed by atoms with Crippen molar-refractivity contribution in [2.24, 2.45) is 4.99 Å². The molecule has 1 amide bonds. The van der Waals surface area contributed by atoms with E-state index in [-0.39, 0.29) is 48.0 Å². The van der Waals surface area contributed by atoms with Gasteiger partial charge in [-0.25, -0.2) is 8.42 Å². The number of carbonyl (C=O) groups excluding carboxylic acids is 1. The van der Waals surface area contributed by atoms with Crippen LogP contribution >= 0.6 is 11.8 Å². The van der Waals surface area contributed by atoms with Crippen LogP contribution in [-0.2, 0) is 19.4 Å². The molecule has 0 bridgehead atoms. The second-order valence-corrected chi connectivity index (χ2v) is 10.8. The molecule has 0 spiro atoms. The maximum absolute atomic E-state index is 12.2. The van der Waals surface area contributed by atoms with Crippen LogP contribution in [-0.4, -0.2) is 53.4 Å². The molecule has 2 fully saturated rings. The summed E-state index contributed by atoms with van der Waals surface area (Å²) in [4.78, 5) is 28.9. The molecule has 2 atom stereocenters. The van der Waals surface area contributed by atoms with Crippen LogP contribution in [0.5, 0.6) is 0 Å². The lowest BCUT2D eigenvalue weighted by molar-refractivity contribution is -0.137. The van der Waals surface area contributed by atoms with Gasteiger partial charge < -0.3 is 10.0 Å². The highest BCUT2D eigenvalue weighted by Crippen LogP contribution is 2.41. The van der Waals surface area contributed by atoms with E-state index in [9.17, 15) is 18.0 Å². The molecule has 152 valence electrons. The summed E-state index contributed by atoms with van der Waals surface area (Å²) in [6.45, 7) is 4.20. The molecule has 0 saturated carbocycles.